The summed E-state index contributed by atoms with van der Waals surface area (Å²) in [5.74, 6) is 2.12. The van der Waals surface area contributed by atoms with Crippen LogP contribution in [-0.2, 0) is 13.0 Å². The van der Waals surface area contributed by atoms with Crippen LogP contribution in [0.5, 0.6) is 0 Å². The molecule has 1 saturated heterocycles. The van der Waals surface area contributed by atoms with Gasteiger partial charge in [0.1, 0.15) is 11.5 Å². The molecule has 0 aliphatic carbocycles. The van der Waals surface area contributed by atoms with Crippen LogP contribution in [-0.4, -0.2) is 38.7 Å². The first-order valence-electron chi connectivity index (χ1n) is 12.4. The molecule has 0 saturated carbocycles. The van der Waals surface area contributed by atoms with Crippen molar-refractivity contribution in [3.63, 3.8) is 0 Å². The second kappa shape index (κ2) is 9.85. The van der Waals surface area contributed by atoms with E-state index >= 15 is 0 Å². The third-order valence-electron chi connectivity index (χ3n) is 7.07. The zero-order valence-corrected chi connectivity index (χ0v) is 19.9. The molecule has 0 spiro atoms. The van der Waals surface area contributed by atoms with Crippen LogP contribution >= 0.6 is 0 Å². The van der Waals surface area contributed by atoms with E-state index in [0.29, 0.717) is 17.3 Å². The van der Waals surface area contributed by atoms with Crippen LogP contribution in [0.2, 0.25) is 0 Å². The molecule has 9 heteroatoms. The summed E-state index contributed by atoms with van der Waals surface area (Å²) >= 11 is 0. The van der Waals surface area contributed by atoms with Crippen molar-refractivity contribution in [1.29, 1.82) is 0 Å². The summed E-state index contributed by atoms with van der Waals surface area (Å²) < 4.78 is 2.18. The van der Waals surface area contributed by atoms with Crippen molar-refractivity contribution in [2.45, 2.75) is 52.0 Å². The van der Waals surface area contributed by atoms with Crippen LogP contribution in [0.1, 0.15) is 55.2 Å². The van der Waals surface area contributed by atoms with Gasteiger partial charge in [-0.25, -0.2) is 0 Å². The van der Waals surface area contributed by atoms with E-state index in [0.717, 1.165) is 69.0 Å². The topological polar surface area (TPSA) is 106 Å². The Hall–Kier alpha value is -3.75. The maximum Gasteiger partial charge on any atom is 0.293 e. The van der Waals surface area contributed by atoms with Crippen molar-refractivity contribution < 1.29 is 9.72 Å². The Morgan fingerprint density at radius 2 is 1.80 bits per heavy atom. The van der Waals surface area contributed by atoms with Gasteiger partial charge in [0.2, 0.25) is 0 Å². The molecule has 1 N–H and O–H groups in total. The Morgan fingerprint density at radius 3 is 2.54 bits per heavy atom. The molecule has 1 fully saturated rings. The van der Waals surface area contributed by atoms with E-state index < -0.39 is 4.92 Å². The minimum absolute atomic E-state index is 0.0324. The SMILES string of the molecule is CC1CCN(c2ccc(C(=O)Nc3ccc(-c4nnc5n4CCCCC5)cc3)cc2[N+](=O)[O-])CC1. The van der Waals surface area contributed by atoms with Crippen LogP contribution in [0.15, 0.2) is 42.5 Å². The van der Waals surface area contributed by atoms with E-state index in [9.17, 15) is 14.9 Å². The number of nitrogens with zero attached hydrogens (tertiary/aromatic N) is 5. The second-order valence-electron chi connectivity index (χ2n) is 9.56. The number of carbonyl (C=O) groups excluding carboxylic acids is 1. The third kappa shape index (κ3) is 4.89. The molecule has 35 heavy (non-hydrogen) atoms. The molecule has 0 unspecified atom stereocenters. The smallest absolute Gasteiger partial charge is 0.293 e. The first kappa shape index (κ1) is 23.0. The zero-order valence-electron chi connectivity index (χ0n) is 19.9. The van der Waals surface area contributed by atoms with Gasteiger partial charge >= 0.3 is 0 Å². The van der Waals surface area contributed by atoms with Crippen molar-refractivity contribution in [2.75, 3.05) is 23.3 Å². The quantitative estimate of drug-likeness (QED) is 0.409. The number of hydrogen-bond acceptors (Lipinski definition) is 6. The molecule has 3 aromatic rings. The molecule has 5 rings (SSSR count). The van der Waals surface area contributed by atoms with Crippen molar-refractivity contribution in [3.8, 4) is 11.4 Å². The lowest BCUT2D eigenvalue weighted by atomic mass is 9.98. The number of rotatable bonds is 5. The number of benzene rings is 2. The highest BCUT2D eigenvalue weighted by Crippen LogP contribution is 2.32. The van der Waals surface area contributed by atoms with Crippen LogP contribution in [0.3, 0.4) is 0 Å². The van der Waals surface area contributed by atoms with Crippen LogP contribution in [0, 0.1) is 16.0 Å². The number of nitro groups is 1. The van der Waals surface area contributed by atoms with E-state index in [1.54, 1.807) is 12.1 Å². The van der Waals surface area contributed by atoms with Gasteiger partial charge in [0.25, 0.3) is 11.6 Å². The van der Waals surface area contributed by atoms with Gasteiger partial charge in [0.15, 0.2) is 5.82 Å². The average molecular weight is 475 g/mol. The number of carbonyl (C=O) groups is 1. The minimum atomic E-state index is -0.402. The number of nitrogens with one attached hydrogen (secondary N) is 1. The number of amides is 1. The fourth-order valence-corrected chi connectivity index (χ4v) is 4.93. The van der Waals surface area contributed by atoms with Gasteiger partial charge in [0.05, 0.1) is 4.92 Å². The molecule has 2 aliphatic heterocycles. The second-order valence-corrected chi connectivity index (χ2v) is 9.56. The Morgan fingerprint density at radius 1 is 1.03 bits per heavy atom. The van der Waals surface area contributed by atoms with Gasteiger partial charge in [0, 0.05) is 48.9 Å². The molecule has 2 aromatic carbocycles. The Labute approximate surface area is 204 Å². The largest absolute Gasteiger partial charge is 0.366 e. The molecule has 1 aromatic heterocycles. The van der Waals surface area contributed by atoms with Crippen molar-refractivity contribution >= 4 is 23.0 Å². The summed E-state index contributed by atoms with van der Waals surface area (Å²) in [5, 5.41) is 23.4. The fraction of sp³-hybridized carbons (Fsp3) is 0.423. The van der Waals surface area contributed by atoms with E-state index in [4.69, 9.17) is 0 Å². The lowest BCUT2D eigenvalue weighted by Gasteiger charge is -2.31. The number of aryl methyl sites for hydroxylation is 1. The van der Waals surface area contributed by atoms with E-state index in [1.165, 1.54) is 12.5 Å². The Balaban J connectivity index is 1.31. The van der Waals surface area contributed by atoms with Gasteiger partial charge in [-0.05, 0) is 68.0 Å². The first-order valence-corrected chi connectivity index (χ1v) is 12.4. The zero-order chi connectivity index (χ0) is 24.4. The molecule has 1 amide bonds. The molecule has 0 radical (unpaired) electrons. The molecule has 2 aliphatic rings. The molecule has 0 atom stereocenters. The van der Waals surface area contributed by atoms with Crippen LogP contribution < -0.4 is 10.2 Å². The molecular formula is C26H30N6O3. The van der Waals surface area contributed by atoms with Gasteiger partial charge in [-0.1, -0.05) is 13.3 Å². The van der Waals surface area contributed by atoms with Crippen LogP contribution in [0.4, 0.5) is 17.1 Å². The number of fused-ring (bicyclic) bond motifs is 1. The number of nitro benzene ring substituents is 1. The molecule has 182 valence electrons. The lowest BCUT2D eigenvalue weighted by molar-refractivity contribution is -0.384. The summed E-state index contributed by atoms with van der Waals surface area (Å²) in [6.07, 6.45) is 6.42. The normalized spacial score (nSPS) is 16.4. The van der Waals surface area contributed by atoms with E-state index in [-0.39, 0.29) is 17.2 Å². The van der Waals surface area contributed by atoms with Crippen molar-refractivity contribution in [3.05, 3.63) is 64.0 Å². The standard InChI is InChI=1S/C26H30N6O3/c1-18-12-15-30(16-13-18)22-11-8-20(17-23(22)32(34)35)26(33)27-21-9-6-19(7-10-21)25-29-28-24-5-3-2-4-14-31(24)25/h6-11,17-18H,2-5,12-16H2,1H3,(H,27,33). The van der Waals surface area contributed by atoms with Crippen molar-refractivity contribution in [2.24, 2.45) is 5.92 Å². The minimum Gasteiger partial charge on any atom is -0.366 e. The summed E-state index contributed by atoms with van der Waals surface area (Å²) in [5.41, 5.74) is 2.37. The maximum absolute atomic E-state index is 12.9. The fourth-order valence-electron chi connectivity index (χ4n) is 4.93. The number of hydrogen-bond donors (Lipinski definition) is 1. The summed E-state index contributed by atoms with van der Waals surface area (Å²) in [6.45, 7) is 4.69. The van der Waals surface area contributed by atoms with Crippen LogP contribution in [0.25, 0.3) is 11.4 Å². The monoisotopic (exact) mass is 474 g/mol. The Kier molecular flexibility index (Phi) is 6.48. The number of aromatic nitrogens is 3. The highest BCUT2D eigenvalue weighted by molar-refractivity contribution is 6.05. The Bertz CT molecular complexity index is 1230. The van der Waals surface area contributed by atoms with Gasteiger partial charge in [-0.3, -0.25) is 14.9 Å². The van der Waals surface area contributed by atoms with E-state index in [2.05, 4.69) is 27.0 Å². The summed E-state index contributed by atoms with van der Waals surface area (Å²) in [7, 11) is 0. The van der Waals surface area contributed by atoms with Crippen molar-refractivity contribution in [1.82, 2.24) is 14.8 Å². The molecule has 3 heterocycles. The average Bonchev–Trinajstić information content (AvgIpc) is 3.12. The van der Waals surface area contributed by atoms with Gasteiger partial charge < -0.3 is 14.8 Å². The third-order valence-corrected chi connectivity index (χ3v) is 7.07. The lowest BCUT2D eigenvalue weighted by Crippen LogP contribution is -2.33. The van der Waals surface area contributed by atoms with E-state index in [1.807, 2.05) is 29.2 Å². The maximum atomic E-state index is 12.9. The predicted octanol–water partition coefficient (Wildman–Crippen LogP) is 5.07. The van der Waals surface area contributed by atoms with Gasteiger partial charge in [-0.15, -0.1) is 10.2 Å². The first-order chi connectivity index (χ1) is 17.0. The van der Waals surface area contributed by atoms with Gasteiger partial charge in [-0.2, -0.15) is 0 Å². The number of anilines is 2. The molecular weight excluding hydrogens is 444 g/mol. The molecule has 0 bridgehead atoms. The summed E-state index contributed by atoms with van der Waals surface area (Å²) in [6, 6.07) is 12.2. The predicted molar refractivity (Wildman–Crippen MR) is 135 cm³/mol. The highest BCUT2D eigenvalue weighted by atomic mass is 16.6. The highest BCUT2D eigenvalue weighted by Gasteiger charge is 2.25. The summed E-state index contributed by atoms with van der Waals surface area (Å²) in [4.78, 5) is 26.3. The molecule has 9 nitrogen and oxygen atoms in total. The number of piperidine rings is 1.